The number of hydrogen-bond acceptors (Lipinski definition) is 3. The summed E-state index contributed by atoms with van der Waals surface area (Å²) >= 11 is 0. The van der Waals surface area contributed by atoms with Gasteiger partial charge in [0.25, 0.3) is 0 Å². The van der Waals surface area contributed by atoms with Crippen molar-refractivity contribution in [1.29, 1.82) is 0 Å². The normalized spacial score (nSPS) is 10.4. The highest BCUT2D eigenvalue weighted by molar-refractivity contribution is 7.73. The topological polar surface area (TPSA) is 52.5 Å². The molecule has 16 heavy (non-hydrogen) atoms. The number of rotatable bonds is 3. The third kappa shape index (κ3) is 13.6. The van der Waals surface area contributed by atoms with Crippen molar-refractivity contribution in [3.8, 4) is 0 Å². The first-order chi connectivity index (χ1) is 7.29. The van der Waals surface area contributed by atoms with Crippen molar-refractivity contribution >= 4 is 14.6 Å². The highest BCUT2D eigenvalue weighted by atomic mass is 31.2. The fourth-order valence-electron chi connectivity index (χ4n) is 0.742. The van der Waals surface area contributed by atoms with E-state index in [0.717, 1.165) is 5.56 Å². The SMILES string of the molecule is C[P+](C)(C)C.[O-]B(O)OCc1ccccc1. The predicted molar refractivity (Wildman–Crippen MR) is 69.8 cm³/mol. The van der Waals surface area contributed by atoms with Crippen LogP contribution in [-0.4, -0.2) is 39.0 Å². The van der Waals surface area contributed by atoms with Gasteiger partial charge in [-0.2, -0.15) is 0 Å². The minimum absolute atomic E-state index is 0.158. The average Bonchev–Trinajstić information content (AvgIpc) is 2.14. The Bertz CT molecular complexity index is 266. The van der Waals surface area contributed by atoms with E-state index in [2.05, 4.69) is 31.3 Å². The molecule has 5 heteroatoms. The molecule has 0 bridgehead atoms. The Morgan fingerprint density at radius 3 is 2.00 bits per heavy atom. The molecule has 0 aromatic heterocycles. The zero-order valence-electron chi connectivity index (χ0n) is 10.4. The lowest BCUT2D eigenvalue weighted by Crippen LogP contribution is -2.33. The van der Waals surface area contributed by atoms with Crippen molar-refractivity contribution in [2.24, 2.45) is 0 Å². The van der Waals surface area contributed by atoms with Gasteiger partial charge in [-0.3, -0.25) is 0 Å². The first-order valence-corrected chi connectivity index (χ1v) is 8.65. The summed E-state index contributed by atoms with van der Waals surface area (Å²) in [5.74, 6) is 0. The van der Waals surface area contributed by atoms with Gasteiger partial charge in [0.1, 0.15) is 0 Å². The lowest BCUT2D eigenvalue weighted by atomic mass is 10.2. The maximum absolute atomic E-state index is 10.0. The molecular weight excluding hydrogens is 222 g/mol. The Morgan fingerprint density at radius 1 is 1.19 bits per heavy atom. The van der Waals surface area contributed by atoms with E-state index in [9.17, 15) is 5.02 Å². The number of hydrogen-bond donors (Lipinski definition) is 1. The Kier molecular flexibility index (Phi) is 7.60. The fraction of sp³-hybridized carbons (Fsp3) is 0.455. The third-order valence-electron chi connectivity index (χ3n) is 1.24. The summed E-state index contributed by atoms with van der Waals surface area (Å²) in [5, 5.41) is 18.3. The van der Waals surface area contributed by atoms with Crippen LogP contribution in [0.5, 0.6) is 0 Å². The fourth-order valence-corrected chi connectivity index (χ4v) is 0.742. The molecule has 0 aliphatic carbocycles. The molecule has 0 amide bonds. The van der Waals surface area contributed by atoms with Crippen LogP contribution < -0.4 is 5.02 Å². The summed E-state index contributed by atoms with van der Waals surface area (Å²) < 4.78 is 4.43. The summed E-state index contributed by atoms with van der Waals surface area (Å²) in [6, 6.07) is 9.20. The third-order valence-corrected chi connectivity index (χ3v) is 1.24. The van der Waals surface area contributed by atoms with Crippen LogP contribution in [-0.2, 0) is 11.3 Å². The second kappa shape index (κ2) is 7.80. The molecule has 0 radical (unpaired) electrons. The Morgan fingerprint density at radius 2 is 1.62 bits per heavy atom. The predicted octanol–water partition coefficient (Wildman–Crippen LogP) is 1.06. The molecule has 0 spiro atoms. The molecule has 0 unspecified atom stereocenters. The zero-order chi connectivity index (χ0) is 12.6. The van der Waals surface area contributed by atoms with Crippen LogP contribution in [0.1, 0.15) is 5.56 Å². The molecule has 1 aromatic rings. The van der Waals surface area contributed by atoms with E-state index in [1.165, 1.54) is 0 Å². The molecule has 1 N–H and O–H groups in total. The van der Waals surface area contributed by atoms with Gasteiger partial charge >= 0.3 is 7.32 Å². The van der Waals surface area contributed by atoms with Gasteiger partial charge in [-0.15, -0.1) is 0 Å². The lowest BCUT2D eigenvalue weighted by molar-refractivity contribution is -0.250. The largest absolute Gasteiger partial charge is 0.832 e. The van der Waals surface area contributed by atoms with Crippen molar-refractivity contribution in [2.75, 3.05) is 26.7 Å². The molecule has 90 valence electrons. The summed E-state index contributed by atoms with van der Waals surface area (Å²) in [7, 11) is -2.32. The van der Waals surface area contributed by atoms with Crippen LogP contribution in [0.2, 0.25) is 0 Å². The highest BCUT2D eigenvalue weighted by Gasteiger charge is 2.03. The monoisotopic (exact) mass is 242 g/mol. The molecule has 3 nitrogen and oxygen atoms in total. The maximum atomic E-state index is 10.0. The van der Waals surface area contributed by atoms with Crippen molar-refractivity contribution in [2.45, 2.75) is 6.61 Å². The van der Waals surface area contributed by atoms with E-state index >= 15 is 0 Å². The van der Waals surface area contributed by atoms with E-state index in [4.69, 9.17) is 5.02 Å². The molecule has 0 heterocycles. The van der Waals surface area contributed by atoms with E-state index in [1.807, 2.05) is 30.3 Å². The molecule has 0 atom stereocenters. The standard InChI is InChI=1S/C7H8BO3.C4H12P/c9-8(10)11-6-7-4-2-1-3-5-7;1-5(2,3)4/h1-5,9H,6H2;1-4H3/q-1;+1. The van der Waals surface area contributed by atoms with Crippen LogP contribution in [0.15, 0.2) is 30.3 Å². The van der Waals surface area contributed by atoms with E-state index < -0.39 is 7.32 Å². The molecule has 1 rings (SSSR count). The van der Waals surface area contributed by atoms with Gasteiger partial charge in [0.15, 0.2) is 0 Å². The first-order valence-electron chi connectivity index (χ1n) is 5.07. The number of benzene rings is 1. The van der Waals surface area contributed by atoms with Gasteiger partial charge < -0.3 is 14.7 Å². The minimum atomic E-state index is -1.93. The molecule has 0 saturated heterocycles. The van der Waals surface area contributed by atoms with E-state index in [1.54, 1.807) is 0 Å². The van der Waals surface area contributed by atoms with Crippen LogP contribution in [0.25, 0.3) is 0 Å². The summed E-state index contributed by atoms with van der Waals surface area (Å²) in [5.41, 5.74) is 0.877. The molecule has 0 aliphatic heterocycles. The minimum Gasteiger partial charge on any atom is -0.832 e. The zero-order valence-corrected chi connectivity index (χ0v) is 11.3. The quantitative estimate of drug-likeness (QED) is 0.637. The van der Waals surface area contributed by atoms with Gasteiger partial charge in [-0.25, -0.2) is 0 Å². The van der Waals surface area contributed by atoms with Crippen LogP contribution in [0.4, 0.5) is 0 Å². The van der Waals surface area contributed by atoms with Gasteiger partial charge in [-0.05, 0) is 5.56 Å². The molecule has 1 aromatic carbocycles. The van der Waals surface area contributed by atoms with Gasteiger partial charge in [0.2, 0.25) is 0 Å². The lowest BCUT2D eigenvalue weighted by Gasteiger charge is -2.10. The van der Waals surface area contributed by atoms with Crippen molar-refractivity contribution < 1.29 is 14.7 Å². The van der Waals surface area contributed by atoms with Gasteiger partial charge in [0, 0.05) is 33.9 Å². The summed E-state index contributed by atoms with van der Waals surface area (Å²) in [6.07, 6.45) is 0. The Hall–Kier alpha value is -0.405. The van der Waals surface area contributed by atoms with Crippen molar-refractivity contribution in [1.82, 2.24) is 0 Å². The molecule has 0 fully saturated rings. The molecule has 0 aliphatic rings. The first kappa shape index (κ1) is 15.6. The smallest absolute Gasteiger partial charge is 0.342 e. The van der Waals surface area contributed by atoms with Crippen LogP contribution >= 0.6 is 7.26 Å². The maximum Gasteiger partial charge on any atom is 0.342 e. The van der Waals surface area contributed by atoms with Gasteiger partial charge in [-0.1, -0.05) is 30.3 Å². The average molecular weight is 242 g/mol. The Balaban J connectivity index is 0.000000385. The highest BCUT2D eigenvalue weighted by Crippen LogP contribution is 2.40. The molecule has 0 saturated carbocycles. The Labute approximate surface area is 99.0 Å². The second-order valence-electron chi connectivity index (χ2n) is 4.79. The second-order valence-corrected chi connectivity index (χ2v) is 10.2. The van der Waals surface area contributed by atoms with Gasteiger partial charge in [0.05, 0.1) is 6.61 Å². The summed E-state index contributed by atoms with van der Waals surface area (Å²) in [4.78, 5) is 0. The van der Waals surface area contributed by atoms with Crippen molar-refractivity contribution in [3.05, 3.63) is 35.9 Å². The van der Waals surface area contributed by atoms with Crippen molar-refractivity contribution in [3.63, 3.8) is 0 Å². The van der Waals surface area contributed by atoms with Crippen LogP contribution in [0.3, 0.4) is 0 Å². The summed E-state index contributed by atoms with van der Waals surface area (Å²) in [6.45, 7) is 9.35. The molecular formula is C11H20BO3P. The van der Waals surface area contributed by atoms with E-state index in [0.29, 0.717) is 0 Å². The van der Waals surface area contributed by atoms with Crippen LogP contribution in [0, 0.1) is 0 Å². The van der Waals surface area contributed by atoms with E-state index in [-0.39, 0.29) is 13.9 Å².